The molecule has 1 aromatic heterocycles. The highest BCUT2D eigenvalue weighted by atomic mass is 32.2. The number of nitrogens with two attached hydrogens (primary N) is 1. The van der Waals surface area contributed by atoms with Gasteiger partial charge in [0.05, 0.1) is 12.6 Å². The number of aliphatic hydroxyl groups excluding tert-OH is 1. The molecular weight excluding hydrogens is 486 g/mol. The van der Waals surface area contributed by atoms with Crippen molar-refractivity contribution in [3.8, 4) is 0 Å². The molecule has 4 atom stereocenters. The number of rotatable bonds is 14. The van der Waals surface area contributed by atoms with Crippen molar-refractivity contribution < 1.29 is 29.4 Å². The zero-order valence-corrected chi connectivity index (χ0v) is 21.4. The molecule has 36 heavy (non-hydrogen) atoms. The SMILES string of the molecule is CSCCC(NC(=O)C(N)Cc1c[nH]c2ccccc12)C(=O)NC(CO)C(=O)NC(C(=O)O)C(C)C. The number of carbonyl (C=O) groups is 4. The van der Waals surface area contributed by atoms with E-state index in [1.54, 1.807) is 20.0 Å². The number of carbonyl (C=O) groups excluding carboxylic acids is 3. The molecule has 0 aliphatic rings. The summed E-state index contributed by atoms with van der Waals surface area (Å²) >= 11 is 1.47. The molecule has 11 nitrogen and oxygen atoms in total. The van der Waals surface area contributed by atoms with E-state index in [4.69, 9.17) is 5.73 Å². The van der Waals surface area contributed by atoms with Crippen LogP contribution in [0.4, 0.5) is 0 Å². The summed E-state index contributed by atoms with van der Waals surface area (Å²) in [4.78, 5) is 52.8. The van der Waals surface area contributed by atoms with E-state index in [9.17, 15) is 29.4 Å². The summed E-state index contributed by atoms with van der Waals surface area (Å²) in [5.74, 6) is -3.14. The molecule has 1 aromatic carbocycles. The molecule has 0 bridgehead atoms. The van der Waals surface area contributed by atoms with Crippen LogP contribution in [0.3, 0.4) is 0 Å². The largest absolute Gasteiger partial charge is 0.480 e. The quantitative estimate of drug-likeness (QED) is 0.181. The molecule has 1 heterocycles. The highest BCUT2D eigenvalue weighted by Gasteiger charge is 2.31. The van der Waals surface area contributed by atoms with E-state index in [2.05, 4.69) is 20.9 Å². The van der Waals surface area contributed by atoms with Crippen molar-refractivity contribution in [3.05, 3.63) is 36.0 Å². The molecule has 0 saturated carbocycles. The van der Waals surface area contributed by atoms with E-state index >= 15 is 0 Å². The fraction of sp³-hybridized carbons (Fsp3) is 0.500. The summed E-state index contributed by atoms with van der Waals surface area (Å²) in [6.07, 6.45) is 4.16. The van der Waals surface area contributed by atoms with Crippen LogP contribution in [0.1, 0.15) is 25.8 Å². The maximum absolute atomic E-state index is 12.9. The molecule has 4 unspecified atom stereocenters. The second-order valence-electron chi connectivity index (χ2n) is 8.83. The number of aromatic amines is 1. The van der Waals surface area contributed by atoms with Crippen LogP contribution in [0.2, 0.25) is 0 Å². The highest BCUT2D eigenvalue weighted by molar-refractivity contribution is 7.98. The van der Waals surface area contributed by atoms with Gasteiger partial charge in [-0.2, -0.15) is 11.8 Å². The lowest BCUT2D eigenvalue weighted by atomic mass is 10.0. The molecule has 0 aliphatic heterocycles. The van der Waals surface area contributed by atoms with E-state index in [0.717, 1.165) is 16.5 Å². The van der Waals surface area contributed by atoms with E-state index in [-0.39, 0.29) is 12.8 Å². The molecule has 0 radical (unpaired) electrons. The fourth-order valence-electron chi connectivity index (χ4n) is 3.65. The van der Waals surface area contributed by atoms with Gasteiger partial charge in [0.15, 0.2) is 0 Å². The second kappa shape index (κ2) is 13.9. The number of aliphatic carboxylic acids is 1. The average Bonchev–Trinajstić information content (AvgIpc) is 3.25. The van der Waals surface area contributed by atoms with Crippen LogP contribution in [0, 0.1) is 5.92 Å². The summed E-state index contributed by atoms with van der Waals surface area (Å²) in [7, 11) is 0. The third kappa shape index (κ3) is 7.97. The molecule has 0 spiro atoms. The lowest BCUT2D eigenvalue weighted by Crippen LogP contribution is -2.58. The van der Waals surface area contributed by atoms with Crippen molar-refractivity contribution in [1.82, 2.24) is 20.9 Å². The Balaban J connectivity index is 2.05. The molecule has 2 aromatic rings. The number of carboxylic acid groups (broad SMARTS) is 1. The Kier molecular flexibility index (Phi) is 11.2. The van der Waals surface area contributed by atoms with Gasteiger partial charge in [0.2, 0.25) is 17.7 Å². The van der Waals surface area contributed by atoms with Gasteiger partial charge in [0.25, 0.3) is 0 Å². The van der Waals surface area contributed by atoms with Gasteiger partial charge >= 0.3 is 5.97 Å². The standard InChI is InChI=1S/C24H35N5O6S/c1-13(2)20(24(34)35)29-23(33)19(12-30)28-22(32)18(8-9-36-3)27-21(31)16(25)10-14-11-26-17-7-5-4-6-15(14)17/h4-7,11,13,16,18-20,26,30H,8-10,12,25H2,1-3H3,(H,27,31)(H,28,32)(H,29,33)(H,34,35). The summed E-state index contributed by atoms with van der Waals surface area (Å²) in [6, 6.07) is 3.14. The highest BCUT2D eigenvalue weighted by Crippen LogP contribution is 2.18. The van der Waals surface area contributed by atoms with Crippen LogP contribution in [0.15, 0.2) is 30.5 Å². The number of aliphatic hydroxyl groups is 1. The Morgan fingerprint density at radius 2 is 1.67 bits per heavy atom. The van der Waals surface area contributed by atoms with Gasteiger partial charge in [-0.25, -0.2) is 4.79 Å². The van der Waals surface area contributed by atoms with Crippen LogP contribution in [0.25, 0.3) is 10.9 Å². The zero-order valence-electron chi connectivity index (χ0n) is 20.6. The normalized spacial score (nSPS) is 14.6. The topological polar surface area (TPSA) is 187 Å². The van der Waals surface area contributed by atoms with Crippen LogP contribution >= 0.6 is 11.8 Å². The van der Waals surface area contributed by atoms with Gasteiger partial charge in [0, 0.05) is 17.1 Å². The van der Waals surface area contributed by atoms with E-state index in [1.165, 1.54) is 11.8 Å². The van der Waals surface area contributed by atoms with Gasteiger partial charge in [-0.1, -0.05) is 32.0 Å². The fourth-order valence-corrected chi connectivity index (χ4v) is 4.12. The molecular formula is C24H35N5O6S. The summed E-state index contributed by atoms with van der Waals surface area (Å²) < 4.78 is 0. The minimum absolute atomic E-state index is 0.250. The zero-order chi connectivity index (χ0) is 26.8. The van der Waals surface area contributed by atoms with Crippen LogP contribution in [0.5, 0.6) is 0 Å². The third-order valence-corrected chi connectivity index (χ3v) is 6.39. The van der Waals surface area contributed by atoms with Crippen LogP contribution in [-0.2, 0) is 25.6 Å². The summed E-state index contributed by atoms with van der Waals surface area (Å²) in [5, 5.41) is 27.3. The van der Waals surface area contributed by atoms with Crippen molar-refractivity contribution in [2.45, 2.75) is 50.9 Å². The monoisotopic (exact) mass is 521 g/mol. The minimum Gasteiger partial charge on any atom is -0.480 e. The first-order chi connectivity index (χ1) is 17.1. The molecule has 198 valence electrons. The summed E-state index contributed by atoms with van der Waals surface area (Å²) in [6.45, 7) is 2.50. The van der Waals surface area contributed by atoms with Crippen molar-refractivity contribution in [2.75, 3.05) is 18.6 Å². The number of H-pyrrole nitrogens is 1. The van der Waals surface area contributed by atoms with Crippen molar-refractivity contribution >= 4 is 46.4 Å². The number of para-hydroxylation sites is 1. The number of aromatic nitrogens is 1. The molecule has 8 N–H and O–H groups in total. The van der Waals surface area contributed by atoms with Gasteiger partial charge < -0.3 is 36.9 Å². The van der Waals surface area contributed by atoms with Crippen molar-refractivity contribution in [3.63, 3.8) is 0 Å². The maximum Gasteiger partial charge on any atom is 0.326 e. The first-order valence-corrected chi connectivity index (χ1v) is 13.0. The number of hydrogen-bond acceptors (Lipinski definition) is 7. The Morgan fingerprint density at radius 1 is 1.03 bits per heavy atom. The first-order valence-electron chi connectivity index (χ1n) is 11.6. The van der Waals surface area contributed by atoms with Crippen molar-refractivity contribution in [1.29, 1.82) is 0 Å². The predicted molar refractivity (Wildman–Crippen MR) is 138 cm³/mol. The van der Waals surface area contributed by atoms with E-state index in [1.807, 2.05) is 30.5 Å². The second-order valence-corrected chi connectivity index (χ2v) is 9.81. The first kappa shape index (κ1) is 29.1. The smallest absolute Gasteiger partial charge is 0.326 e. The summed E-state index contributed by atoms with van der Waals surface area (Å²) in [5.41, 5.74) is 7.93. The van der Waals surface area contributed by atoms with Gasteiger partial charge in [-0.15, -0.1) is 0 Å². The number of fused-ring (bicyclic) bond motifs is 1. The molecule has 3 amide bonds. The molecule has 2 rings (SSSR count). The number of amides is 3. The molecule has 0 saturated heterocycles. The van der Waals surface area contributed by atoms with E-state index < -0.39 is 60.4 Å². The number of nitrogens with one attached hydrogen (secondary N) is 4. The van der Waals surface area contributed by atoms with Crippen LogP contribution in [-0.4, -0.2) is 81.7 Å². The van der Waals surface area contributed by atoms with Crippen LogP contribution < -0.4 is 21.7 Å². The van der Waals surface area contributed by atoms with Gasteiger partial charge in [-0.05, 0) is 42.4 Å². The lowest BCUT2D eigenvalue weighted by Gasteiger charge is -2.25. The molecule has 0 fully saturated rings. The van der Waals surface area contributed by atoms with Crippen molar-refractivity contribution in [2.24, 2.45) is 11.7 Å². The molecule has 0 aliphatic carbocycles. The van der Waals surface area contributed by atoms with Gasteiger partial charge in [0.1, 0.15) is 18.1 Å². The number of benzene rings is 1. The lowest BCUT2D eigenvalue weighted by molar-refractivity contribution is -0.143. The number of hydrogen-bond donors (Lipinski definition) is 7. The average molecular weight is 522 g/mol. The minimum atomic E-state index is -1.38. The van der Waals surface area contributed by atoms with Gasteiger partial charge in [-0.3, -0.25) is 14.4 Å². The molecule has 12 heteroatoms. The Morgan fingerprint density at radius 3 is 2.28 bits per heavy atom. The Bertz CT molecular complexity index is 1060. The van der Waals surface area contributed by atoms with E-state index in [0.29, 0.717) is 5.75 Å². The number of thioether (sulfide) groups is 1. The Hall–Kier alpha value is -3.09. The predicted octanol–water partition coefficient (Wildman–Crippen LogP) is -0.0219. The maximum atomic E-state index is 12.9. The third-order valence-electron chi connectivity index (χ3n) is 5.74. The number of carboxylic acids is 1. The Labute approximate surface area is 214 Å².